The van der Waals surface area contributed by atoms with Gasteiger partial charge >= 0.3 is 0 Å². The minimum Gasteiger partial charge on any atom is -0.390 e. The van der Waals surface area contributed by atoms with E-state index in [4.69, 9.17) is 4.74 Å². The van der Waals surface area contributed by atoms with Crippen LogP contribution in [0, 0.1) is 11.8 Å². The van der Waals surface area contributed by atoms with Crippen LogP contribution >= 0.6 is 0 Å². The van der Waals surface area contributed by atoms with Crippen molar-refractivity contribution in [2.75, 3.05) is 0 Å². The van der Waals surface area contributed by atoms with Crippen LogP contribution in [-0.4, -0.2) is 34.1 Å². The van der Waals surface area contributed by atoms with Crippen molar-refractivity contribution >= 4 is 0 Å². The van der Waals surface area contributed by atoms with Gasteiger partial charge in [0.1, 0.15) is 0 Å². The minimum atomic E-state index is -0.704. The van der Waals surface area contributed by atoms with Crippen molar-refractivity contribution in [2.45, 2.75) is 64.4 Å². The maximum Gasteiger partial charge on any atom is 0.0985 e. The summed E-state index contributed by atoms with van der Waals surface area (Å²) in [5.74, 6) is 0.340. The van der Waals surface area contributed by atoms with E-state index in [-0.39, 0.29) is 23.5 Å². The molecule has 3 nitrogen and oxygen atoms in total. The highest BCUT2D eigenvalue weighted by Gasteiger charge is 2.44. The number of aliphatic hydroxyl groups is 2. The Bertz CT molecular complexity index is 316. The van der Waals surface area contributed by atoms with Gasteiger partial charge in [-0.3, -0.25) is 0 Å². The van der Waals surface area contributed by atoms with Gasteiger partial charge in [-0.2, -0.15) is 0 Å². The van der Waals surface area contributed by atoms with Gasteiger partial charge in [0.15, 0.2) is 0 Å². The molecule has 2 aliphatic rings. The average Bonchev–Trinajstić information content (AvgIpc) is 2.55. The number of hydrogen-bond acceptors (Lipinski definition) is 3. The summed E-state index contributed by atoms with van der Waals surface area (Å²) in [5, 5.41) is 19.7. The Morgan fingerprint density at radius 2 is 1.94 bits per heavy atom. The average molecular weight is 240 g/mol. The van der Waals surface area contributed by atoms with E-state index in [0.717, 1.165) is 12.8 Å². The minimum absolute atomic E-state index is 0.0693. The van der Waals surface area contributed by atoms with E-state index < -0.39 is 12.2 Å². The predicted molar refractivity (Wildman–Crippen MR) is 66.6 cm³/mol. The second-order valence-electron chi connectivity index (χ2n) is 6.42. The Balaban J connectivity index is 2.18. The van der Waals surface area contributed by atoms with E-state index in [2.05, 4.69) is 20.8 Å². The van der Waals surface area contributed by atoms with Gasteiger partial charge in [0.05, 0.1) is 23.9 Å². The molecule has 3 unspecified atom stereocenters. The summed E-state index contributed by atoms with van der Waals surface area (Å²) < 4.78 is 6.09. The van der Waals surface area contributed by atoms with E-state index >= 15 is 0 Å². The molecule has 2 rings (SSSR count). The largest absolute Gasteiger partial charge is 0.390 e. The fourth-order valence-electron chi connectivity index (χ4n) is 3.19. The van der Waals surface area contributed by atoms with Crippen LogP contribution in [0.2, 0.25) is 0 Å². The van der Waals surface area contributed by atoms with Gasteiger partial charge in [-0.25, -0.2) is 0 Å². The second-order valence-corrected chi connectivity index (χ2v) is 6.42. The van der Waals surface area contributed by atoms with Crippen LogP contribution in [0.15, 0.2) is 11.6 Å². The molecule has 0 aromatic carbocycles. The molecule has 0 aromatic heterocycles. The van der Waals surface area contributed by atoms with Crippen molar-refractivity contribution < 1.29 is 14.9 Å². The molecular formula is C14H24O3. The first-order valence-corrected chi connectivity index (χ1v) is 6.54. The lowest BCUT2D eigenvalue weighted by Crippen LogP contribution is -2.43. The van der Waals surface area contributed by atoms with Crippen molar-refractivity contribution in [3.05, 3.63) is 11.6 Å². The standard InChI is InChI=1S/C14H24O3/c1-8-12-9(7-10(15)13(8)16)5-6-11(12)17-14(2,3)4/h7-8,10-13,15-16H,5-6H2,1-4H3/t8-,10?,11-,12?,13?/m0/s1. The Morgan fingerprint density at radius 1 is 1.29 bits per heavy atom. The van der Waals surface area contributed by atoms with Crippen LogP contribution in [0.4, 0.5) is 0 Å². The zero-order valence-electron chi connectivity index (χ0n) is 11.2. The molecule has 3 heteroatoms. The van der Waals surface area contributed by atoms with Crippen LogP contribution in [0.25, 0.3) is 0 Å². The summed E-state index contributed by atoms with van der Waals surface area (Å²) in [5.41, 5.74) is 1.12. The lowest BCUT2D eigenvalue weighted by atomic mass is 9.77. The zero-order chi connectivity index (χ0) is 12.8. The maximum absolute atomic E-state index is 9.96. The number of ether oxygens (including phenoxy) is 1. The van der Waals surface area contributed by atoms with E-state index in [0.29, 0.717) is 0 Å². The third-order valence-corrected chi connectivity index (χ3v) is 3.89. The van der Waals surface area contributed by atoms with Gasteiger partial charge in [0.25, 0.3) is 0 Å². The zero-order valence-corrected chi connectivity index (χ0v) is 11.2. The molecule has 1 saturated carbocycles. The monoisotopic (exact) mass is 240 g/mol. The van der Waals surface area contributed by atoms with Crippen molar-refractivity contribution in [3.63, 3.8) is 0 Å². The summed E-state index contributed by atoms with van der Waals surface area (Å²) >= 11 is 0. The van der Waals surface area contributed by atoms with Crippen LogP contribution in [0.3, 0.4) is 0 Å². The summed E-state index contributed by atoms with van der Waals surface area (Å²) in [6, 6.07) is 0. The SMILES string of the molecule is C[C@@H]1C(O)C(O)C=C2CC[C@H](OC(C)(C)C)C21. The number of hydrogen-bond donors (Lipinski definition) is 2. The highest BCUT2D eigenvalue weighted by Crippen LogP contribution is 2.44. The fourth-order valence-corrected chi connectivity index (χ4v) is 3.19. The third kappa shape index (κ3) is 2.56. The van der Waals surface area contributed by atoms with Gasteiger partial charge in [-0.1, -0.05) is 18.6 Å². The van der Waals surface area contributed by atoms with Crippen LogP contribution in [0.5, 0.6) is 0 Å². The molecule has 17 heavy (non-hydrogen) atoms. The molecular weight excluding hydrogens is 216 g/mol. The Kier molecular flexibility index (Phi) is 3.36. The smallest absolute Gasteiger partial charge is 0.0985 e. The topological polar surface area (TPSA) is 49.7 Å². The van der Waals surface area contributed by atoms with Crippen LogP contribution in [-0.2, 0) is 4.74 Å². The van der Waals surface area contributed by atoms with Crippen molar-refractivity contribution in [1.82, 2.24) is 0 Å². The Morgan fingerprint density at radius 3 is 2.53 bits per heavy atom. The molecule has 2 N–H and O–H groups in total. The maximum atomic E-state index is 9.96. The lowest BCUT2D eigenvalue weighted by Gasteiger charge is -2.38. The molecule has 1 fully saturated rings. The van der Waals surface area contributed by atoms with Crippen molar-refractivity contribution in [1.29, 1.82) is 0 Å². The van der Waals surface area contributed by atoms with E-state index in [1.807, 2.05) is 13.0 Å². The molecule has 0 aliphatic heterocycles. The summed E-state index contributed by atoms with van der Waals surface area (Å²) in [7, 11) is 0. The molecule has 98 valence electrons. The summed E-state index contributed by atoms with van der Waals surface area (Å²) in [6.07, 6.45) is 2.63. The van der Waals surface area contributed by atoms with Gasteiger partial charge in [-0.15, -0.1) is 0 Å². The highest BCUT2D eigenvalue weighted by molar-refractivity contribution is 5.23. The van der Waals surface area contributed by atoms with Gasteiger partial charge < -0.3 is 14.9 Å². The molecule has 5 atom stereocenters. The molecule has 0 bridgehead atoms. The normalized spacial score (nSPS) is 42.2. The number of rotatable bonds is 1. The van der Waals surface area contributed by atoms with Gasteiger partial charge in [0, 0.05) is 5.92 Å². The van der Waals surface area contributed by atoms with Crippen molar-refractivity contribution in [2.24, 2.45) is 11.8 Å². The summed E-state index contributed by atoms with van der Waals surface area (Å²) in [4.78, 5) is 0. The number of fused-ring (bicyclic) bond motifs is 1. The Labute approximate surface area is 103 Å². The third-order valence-electron chi connectivity index (χ3n) is 3.89. The quantitative estimate of drug-likeness (QED) is 0.688. The first-order valence-electron chi connectivity index (χ1n) is 6.54. The van der Waals surface area contributed by atoms with Crippen LogP contribution < -0.4 is 0 Å². The van der Waals surface area contributed by atoms with E-state index in [1.54, 1.807) is 0 Å². The molecule has 0 radical (unpaired) electrons. The molecule has 0 amide bonds. The molecule has 2 aliphatic carbocycles. The first kappa shape index (κ1) is 13.1. The van der Waals surface area contributed by atoms with Crippen molar-refractivity contribution in [3.8, 4) is 0 Å². The number of aliphatic hydroxyl groups excluding tert-OH is 2. The molecule has 0 saturated heterocycles. The highest BCUT2D eigenvalue weighted by atomic mass is 16.5. The molecule has 0 spiro atoms. The summed E-state index contributed by atoms with van der Waals surface area (Å²) in [6.45, 7) is 8.20. The van der Waals surface area contributed by atoms with Gasteiger partial charge in [0.2, 0.25) is 0 Å². The first-order chi connectivity index (χ1) is 7.79. The lowest BCUT2D eigenvalue weighted by molar-refractivity contribution is -0.0988. The second kappa shape index (κ2) is 4.38. The Hall–Kier alpha value is -0.380. The predicted octanol–water partition coefficient (Wildman–Crippen LogP) is 1.88. The molecule has 0 heterocycles. The van der Waals surface area contributed by atoms with E-state index in [9.17, 15) is 10.2 Å². The van der Waals surface area contributed by atoms with Crippen LogP contribution in [0.1, 0.15) is 40.5 Å². The molecule has 0 aromatic rings. The van der Waals surface area contributed by atoms with Gasteiger partial charge in [-0.05, 0) is 39.5 Å². The van der Waals surface area contributed by atoms with E-state index in [1.165, 1.54) is 5.57 Å². The fraction of sp³-hybridized carbons (Fsp3) is 0.857.